The standard InChI is InChI=1S/C20H22N6O2/c1-3-21-17(27)11-23-20(28)14-10-15(13-7-8-13)24-19-18(14)12(2)25-26(19)16-6-4-5-9-22-16/h4-6,9-10,13H,3,7-8,11H2,1-2H3,(H,21,27)(H,23,28). The first-order chi connectivity index (χ1) is 13.6. The van der Waals surface area contributed by atoms with Gasteiger partial charge in [-0.1, -0.05) is 6.07 Å². The van der Waals surface area contributed by atoms with Gasteiger partial charge in [0.2, 0.25) is 5.91 Å². The Morgan fingerprint density at radius 3 is 2.75 bits per heavy atom. The summed E-state index contributed by atoms with van der Waals surface area (Å²) in [4.78, 5) is 33.8. The van der Waals surface area contributed by atoms with Crippen LogP contribution in [0.1, 0.15) is 47.4 Å². The van der Waals surface area contributed by atoms with E-state index >= 15 is 0 Å². The molecule has 0 aliphatic heterocycles. The van der Waals surface area contributed by atoms with Crippen LogP contribution in [-0.4, -0.2) is 44.7 Å². The largest absolute Gasteiger partial charge is 0.355 e. The van der Waals surface area contributed by atoms with Crippen LogP contribution in [0, 0.1) is 6.92 Å². The Morgan fingerprint density at radius 2 is 2.07 bits per heavy atom. The summed E-state index contributed by atoms with van der Waals surface area (Å²) in [5, 5.41) is 10.6. The molecule has 4 rings (SSSR count). The summed E-state index contributed by atoms with van der Waals surface area (Å²) in [5.41, 5.74) is 2.69. The first-order valence-corrected chi connectivity index (χ1v) is 9.45. The number of carbonyl (C=O) groups is 2. The molecule has 0 saturated heterocycles. The maximum absolute atomic E-state index is 12.9. The highest BCUT2D eigenvalue weighted by Crippen LogP contribution is 2.40. The molecule has 144 valence electrons. The number of hydrogen-bond donors (Lipinski definition) is 2. The molecule has 2 N–H and O–H groups in total. The third-order valence-electron chi connectivity index (χ3n) is 4.72. The number of nitrogens with one attached hydrogen (secondary N) is 2. The van der Waals surface area contributed by atoms with Gasteiger partial charge in [-0.15, -0.1) is 0 Å². The van der Waals surface area contributed by atoms with Gasteiger partial charge in [-0.25, -0.2) is 9.97 Å². The number of aromatic nitrogens is 4. The van der Waals surface area contributed by atoms with Crippen LogP contribution in [0.3, 0.4) is 0 Å². The molecule has 8 nitrogen and oxygen atoms in total. The quantitative estimate of drug-likeness (QED) is 0.682. The number of rotatable bonds is 6. The van der Waals surface area contributed by atoms with E-state index < -0.39 is 0 Å². The molecule has 3 heterocycles. The van der Waals surface area contributed by atoms with Gasteiger partial charge in [0.25, 0.3) is 5.91 Å². The average Bonchev–Trinajstić information content (AvgIpc) is 3.50. The lowest BCUT2D eigenvalue weighted by atomic mass is 10.1. The van der Waals surface area contributed by atoms with E-state index in [2.05, 4.69) is 20.7 Å². The Balaban J connectivity index is 1.78. The molecule has 0 bridgehead atoms. The normalized spacial score (nSPS) is 13.5. The van der Waals surface area contributed by atoms with E-state index in [-0.39, 0.29) is 18.4 Å². The Morgan fingerprint density at radius 1 is 1.25 bits per heavy atom. The molecule has 28 heavy (non-hydrogen) atoms. The molecule has 1 aliphatic carbocycles. The van der Waals surface area contributed by atoms with E-state index in [1.54, 1.807) is 10.9 Å². The Kier molecular flexibility index (Phi) is 4.77. The van der Waals surface area contributed by atoms with Gasteiger partial charge in [-0.3, -0.25) is 9.59 Å². The predicted molar refractivity (Wildman–Crippen MR) is 104 cm³/mol. The predicted octanol–water partition coefficient (Wildman–Crippen LogP) is 1.87. The number of amides is 2. The van der Waals surface area contributed by atoms with Crippen molar-refractivity contribution in [3.8, 4) is 5.82 Å². The number of carbonyl (C=O) groups excluding carboxylic acids is 2. The van der Waals surface area contributed by atoms with E-state index in [0.717, 1.165) is 18.5 Å². The fourth-order valence-corrected chi connectivity index (χ4v) is 3.23. The number of pyridine rings is 2. The molecule has 8 heteroatoms. The van der Waals surface area contributed by atoms with Crippen LogP contribution in [0.2, 0.25) is 0 Å². The van der Waals surface area contributed by atoms with Gasteiger partial charge in [0.05, 0.1) is 23.2 Å². The number of nitrogens with zero attached hydrogens (tertiary/aromatic N) is 4. The topological polar surface area (TPSA) is 102 Å². The second-order valence-electron chi connectivity index (χ2n) is 6.89. The zero-order valence-electron chi connectivity index (χ0n) is 15.9. The molecular weight excluding hydrogens is 356 g/mol. The number of likely N-dealkylation sites (N-methyl/N-ethyl adjacent to an activating group) is 1. The molecule has 0 unspecified atom stereocenters. The molecule has 2 amide bonds. The van der Waals surface area contributed by atoms with E-state index in [4.69, 9.17) is 4.98 Å². The molecule has 0 radical (unpaired) electrons. The minimum absolute atomic E-state index is 0.0668. The molecule has 1 aliphatic rings. The van der Waals surface area contributed by atoms with Crippen molar-refractivity contribution < 1.29 is 9.59 Å². The van der Waals surface area contributed by atoms with Crippen molar-refractivity contribution in [1.82, 2.24) is 30.4 Å². The van der Waals surface area contributed by atoms with E-state index in [1.807, 2.05) is 38.1 Å². The van der Waals surface area contributed by atoms with E-state index in [0.29, 0.717) is 40.6 Å². The smallest absolute Gasteiger partial charge is 0.252 e. The summed E-state index contributed by atoms with van der Waals surface area (Å²) in [6.07, 6.45) is 3.83. The highest BCUT2D eigenvalue weighted by atomic mass is 16.2. The fraction of sp³-hybridized carbons (Fsp3) is 0.350. The molecule has 1 saturated carbocycles. The van der Waals surface area contributed by atoms with Crippen molar-refractivity contribution in [3.05, 3.63) is 47.4 Å². The average molecular weight is 378 g/mol. The van der Waals surface area contributed by atoms with Crippen molar-refractivity contribution in [3.63, 3.8) is 0 Å². The monoisotopic (exact) mass is 378 g/mol. The fourth-order valence-electron chi connectivity index (χ4n) is 3.23. The van der Waals surface area contributed by atoms with Gasteiger partial charge in [0.1, 0.15) is 0 Å². The van der Waals surface area contributed by atoms with Crippen LogP contribution in [0.4, 0.5) is 0 Å². The molecular formula is C20H22N6O2. The highest BCUT2D eigenvalue weighted by Gasteiger charge is 2.29. The summed E-state index contributed by atoms with van der Waals surface area (Å²) in [7, 11) is 0. The second kappa shape index (κ2) is 7.38. The Bertz CT molecular complexity index is 1040. The summed E-state index contributed by atoms with van der Waals surface area (Å²) < 4.78 is 1.68. The zero-order chi connectivity index (χ0) is 19.7. The zero-order valence-corrected chi connectivity index (χ0v) is 15.9. The van der Waals surface area contributed by atoms with Gasteiger partial charge >= 0.3 is 0 Å². The summed E-state index contributed by atoms with van der Waals surface area (Å²) in [5.74, 6) is 0.496. The number of hydrogen-bond acceptors (Lipinski definition) is 5. The molecule has 3 aromatic heterocycles. The lowest BCUT2D eigenvalue weighted by Gasteiger charge is -2.09. The lowest BCUT2D eigenvalue weighted by molar-refractivity contribution is -0.120. The Hall–Kier alpha value is -3.29. The van der Waals surface area contributed by atoms with Crippen LogP contribution in [0.15, 0.2) is 30.5 Å². The summed E-state index contributed by atoms with van der Waals surface area (Å²) in [6, 6.07) is 7.41. The first-order valence-electron chi connectivity index (χ1n) is 9.45. The van der Waals surface area contributed by atoms with E-state index in [1.165, 1.54) is 0 Å². The van der Waals surface area contributed by atoms with Gasteiger partial charge in [0.15, 0.2) is 11.5 Å². The maximum atomic E-state index is 12.9. The highest BCUT2D eigenvalue weighted by molar-refractivity contribution is 6.07. The van der Waals surface area contributed by atoms with Crippen molar-refractivity contribution in [2.75, 3.05) is 13.1 Å². The van der Waals surface area contributed by atoms with Crippen molar-refractivity contribution in [1.29, 1.82) is 0 Å². The number of fused-ring (bicyclic) bond motifs is 1. The minimum atomic E-state index is -0.302. The maximum Gasteiger partial charge on any atom is 0.252 e. The van der Waals surface area contributed by atoms with Crippen LogP contribution in [-0.2, 0) is 4.79 Å². The third-order valence-corrected chi connectivity index (χ3v) is 4.72. The molecule has 1 fully saturated rings. The van der Waals surface area contributed by atoms with Crippen LogP contribution in [0.25, 0.3) is 16.9 Å². The molecule has 0 spiro atoms. The minimum Gasteiger partial charge on any atom is -0.355 e. The van der Waals surface area contributed by atoms with Crippen molar-refractivity contribution in [2.45, 2.75) is 32.6 Å². The van der Waals surface area contributed by atoms with E-state index in [9.17, 15) is 9.59 Å². The van der Waals surface area contributed by atoms with Gasteiger partial charge in [0, 0.05) is 24.4 Å². The lowest BCUT2D eigenvalue weighted by Crippen LogP contribution is -2.36. The third kappa shape index (κ3) is 3.45. The van der Waals surface area contributed by atoms with Gasteiger partial charge in [-0.05, 0) is 44.9 Å². The van der Waals surface area contributed by atoms with Crippen molar-refractivity contribution >= 4 is 22.8 Å². The summed E-state index contributed by atoms with van der Waals surface area (Å²) >= 11 is 0. The van der Waals surface area contributed by atoms with Crippen LogP contribution < -0.4 is 10.6 Å². The number of aryl methyl sites for hydroxylation is 1. The molecule has 0 aromatic carbocycles. The second-order valence-corrected chi connectivity index (χ2v) is 6.89. The first kappa shape index (κ1) is 18.1. The van der Waals surface area contributed by atoms with Gasteiger partial charge < -0.3 is 10.6 Å². The van der Waals surface area contributed by atoms with Crippen molar-refractivity contribution in [2.24, 2.45) is 0 Å². The molecule has 0 atom stereocenters. The SMILES string of the molecule is CCNC(=O)CNC(=O)c1cc(C2CC2)nc2c1c(C)nn2-c1ccccn1. The molecule has 3 aromatic rings. The Labute approximate surface area is 162 Å². The van der Waals surface area contributed by atoms with Crippen LogP contribution in [0.5, 0.6) is 0 Å². The van der Waals surface area contributed by atoms with Crippen LogP contribution >= 0.6 is 0 Å². The summed E-state index contributed by atoms with van der Waals surface area (Å²) in [6.45, 7) is 4.14. The van der Waals surface area contributed by atoms with Gasteiger partial charge in [-0.2, -0.15) is 9.78 Å².